The summed E-state index contributed by atoms with van der Waals surface area (Å²) in [5.74, 6) is -1.77. The minimum atomic E-state index is -4.64. The summed E-state index contributed by atoms with van der Waals surface area (Å²) in [4.78, 5) is 28.5. The number of anilines is 1. The number of rotatable bonds is 10. The first-order chi connectivity index (χ1) is 19.9. The number of carbonyl (C=O) groups is 2. The van der Waals surface area contributed by atoms with Crippen molar-refractivity contribution < 1.29 is 45.8 Å². The maximum atomic E-state index is 13.4. The van der Waals surface area contributed by atoms with Crippen molar-refractivity contribution in [3.63, 3.8) is 0 Å². The Bertz CT molecular complexity index is 1720. The highest BCUT2D eigenvalue weighted by Gasteiger charge is 2.37. The second-order valence-corrected chi connectivity index (χ2v) is 12.5. The molecule has 3 aromatic carbocycles. The number of ether oxygens (including phenoxy) is 2. The molecule has 1 fully saturated rings. The largest absolute Gasteiger partial charge is 0.478 e. The van der Waals surface area contributed by atoms with Crippen molar-refractivity contribution >= 4 is 38.2 Å². The molecule has 0 aliphatic heterocycles. The molecule has 4 aromatic rings. The molecule has 9 nitrogen and oxygen atoms in total. The van der Waals surface area contributed by atoms with E-state index in [0.717, 1.165) is 29.5 Å². The molecular formula is C28H21F3N2O7S2. The number of carbonyl (C=O) groups excluding carboxylic acids is 1. The van der Waals surface area contributed by atoms with Crippen LogP contribution in [-0.2, 0) is 20.8 Å². The summed E-state index contributed by atoms with van der Waals surface area (Å²) in [6.07, 6.45) is -3.64. The number of hydrogen-bond acceptors (Lipinski definition) is 8. The number of nitrogens with zero attached hydrogens (tertiary/aromatic N) is 1. The number of benzene rings is 3. The fraction of sp³-hybridized carbons (Fsp3) is 0.179. The number of sulfone groups is 1. The summed E-state index contributed by atoms with van der Waals surface area (Å²) in [5, 5.41) is 11.5. The lowest BCUT2D eigenvalue weighted by Crippen LogP contribution is -2.26. The molecule has 1 heterocycles. The van der Waals surface area contributed by atoms with E-state index in [2.05, 4.69) is 10.3 Å². The fourth-order valence-corrected chi connectivity index (χ4v) is 6.22. The van der Waals surface area contributed by atoms with Gasteiger partial charge in [-0.3, -0.25) is 10.1 Å². The molecule has 0 bridgehead atoms. The molecule has 14 heteroatoms. The van der Waals surface area contributed by atoms with E-state index in [1.54, 1.807) is 0 Å². The zero-order valence-electron chi connectivity index (χ0n) is 21.4. The predicted octanol–water partition coefficient (Wildman–Crippen LogP) is 6.35. The molecule has 0 spiro atoms. The highest BCUT2D eigenvalue weighted by atomic mass is 32.2. The first-order valence-corrected chi connectivity index (χ1v) is 14.7. The first-order valence-electron chi connectivity index (χ1n) is 12.4. The number of aromatic nitrogens is 1. The molecule has 218 valence electrons. The normalized spacial score (nSPS) is 14.2. The molecule has 1 aliphatic rings. The van der Waals surface area contributed by atoms with Crippen LogP contribution in [0.3, 0.4) is 0 Å². The van der Waals surface area contributed by atoms with E-state index in [-0.39, 0.29) is 32.0 Å². The molecule has 2 N–H and O–H groups in total. The summed E-state index contributed by atoms with van der Waals surface area (Å²) in [5.41, 5.74) is -0.695. The minimum absolute atomic E-state index is 0.0737. The quantitative estimate of drug-likeness (QED) is 0.210. The Balaban J connectivity index is 1.37. The number of hydrogen-bond donors (Lipinski definition) is 2. The van der Waals surface area contributed by atoms with E-state index < -0.39 is 44.8 Å². The average molecular weight is 619 g/mol. The number of halogens is 3. The van der Waals surface area contributed by atoms with Crippen molar-refractivity contribution in [2.75, 3.05) is 5.32 Å². The van der Waals surface area contributed by atoms with Gasteiger partial charge in [-0.1, -0.05) is 29.5 Å². The van der Waals surface area contributed by atoms with Crippen LogP contribution < -0.4 is 14.8 Å². The molecule has 1 atom stereocenters. The third kappa shape index (κ3) is 6.71. The Morgan fingerprint density at radius 1 is 1.00 bits per heavy atom. The van der Waals surface area contributed by atoms with Crippen molar-refractivity contribution in [3.05, 3.63) is 95.7 Å². The van der Waals surface area contributed by atoms with Gasteiger partial charge < -0.3 is 14.6 Å². The number of carboxylic acids is 1. The summed E-state index contributed by atoms with van der Waals surface area (Å²) < 4.78 is 76.4. The number of alkyl halides is 3. The summed E-state index contributed by atoms with van der Waals surface area (Å²) in [6, 6.07) is 15.1. The van der Waals surface area contributed by atoms with Crippen LogP contribution >= 0.6 is 11.3 Å². The van der Waals surface area contributed by atoms with Gasteiger partial charge >= 0.3 is 12.1 Å². The van der Waals surface area contributed by atoms with Crippen LogP contribution in [0.4, 0.5) is 18.3 Å². The Labute approximate surface area is 241 Å². The smallest absolute Gasteiger partial charge is 0.416 e. The summed E-state index contributed by atoms with van der Waals surface area (Å²) >= 11 is 0.942. The van der Waals surface area contributed by atoms with Gasteiger partial charge in [-0.05, 0) is 67.4 Å². The molecule has 1 saturated carbocycles. The van der Waals surface area contributed by atoms with Gasteiger partial charge in [0.15, 0.2) is 15.0 Å². The van der Waals surface area contributed by atoms with E-state index >= 15 is 0 Å². The number of thiazole rings is 1. The molecule has 1 unspecified atom stereocenters. The van der Waals surface area contributed by atoms with Crippen LogP contribution in [0.1, 0.15) is 40.4 Å². The maximum Gasteiger partial charge on any atom is 0.416 e. The standard InChI is InChI=1S/C28H21F3N2O7S2/c29-28(30,31)18-2-1-3-20(14-18)40-24(16-6-10-21(11-7-16)42(37,38)22-12-13-22)25(34)33-27-32-15-23(41-27)39-19-8-4-17(5-9-19)26(35)36/h1-11,14-15,22,24H,12-13H2,(H,35,36)(H,32,33,34). The van der Waals surface area contributed by atoms with Crippen molar-refractivity contribution in [2.45, 2.75) is 35.3 Å². The average Bonchev–Trinajstić information content (AvgIpc) is 3.74. The topological polar surface area (TPSA) is 132 Å². The van der Waals surface area contributed by atoms with Crippen LogP contribution in [0.2, 0.25) is 0 Å². The van der Waals surface area contributed by atoms with Crippen LogP contribution in [-0.4, -0.2) is 35.6 Å². The predicted molar refractivity (Wildman–Crippen MR) is 146 cm³/mol. The minimum Gasteiger partial charge on any atom is -0.478 e. The van der Waals surface area contributed by atoms with Gasteiger partial charge in [-0.25, -0.2) is 18.2 Å². The molecule has 0 saturated heterocycles. The van der Waals surface area contributed by atoms with Crippen molar-refractivity contribution in [1.82, 2.24) is 4.98 Å². The maximum absolute atomic E-state index is 13.4. The highest BCUT2D eigenvalue weighted by molar-refractivity contribution is 7.92. The van der Waals surface area contributed by atoms with E-state index in [1.807, 2.05) is 0 Å². The van der Waals surface area contributed by atoms with Crippen LogP contribution in [0.25, 0.3) is 0 Å². The fourth-order valence-electron chi connectivity index (χ4n) is 3.87. The molecule has 5 rings (SSSR count). The van der Waals surface area contributed by atoms with Crippen LogP contribution in [0.15, 0.2) is 83.9 Å². The third-order valence-electron chi connectivity index (χ3n) is 6.16. The van der Waals surface area contributed by atoms with Gasteiger partial charge in [0.2, 0.25) is 11.2 Å². The van der Waals surface area contributed by atoms with E-state index in [1.165, 1.54) is 60.8 Å². The third-order valence-corrected chi connectivity index (χ3v) is 9.23. The van der Waals surface area contributed by atoms with E-state index in [9.17, 15) is 31.2 Å². The van der Waals surface area contributed by atoms with Gasteiger partial charge in [0.1, 0.15) is 11.5 Å². The van der Waals surface area contributed by atoms with Crippen molar-refractivity contribution in [2.24, 2.45) is 0 Å². The Morgan fingerprint density at radius 3 is 2.31 bits per heavy atom. The highest BCUT2D eigenvalue weighted by Crippen LogP contribution is 2.36. The molecular weight excluding hydrogens is 597 g/mol. The molecule has 1 aliphatic carbocycles. The Kier molecular flexibility index (Phi) is 7.93. The first kappa shape index (κ1) is 29.1. The lowest BCUT2D eigenvalue weighted by Gasteiger charge is -2.19. The molecule has 42 heavy (non-hydrogen) atoms. The second-order valence-electron chi connectivity index (χ2n) is 9.24. The number of amides is 1. The van der Waals surface area contributed by atoms with E-state index in [4.69, 9.17) is 14.6 Å². The zero-order chi connectivity index (χ0) is 30.1. The lowest BCUT2D eigenvalue weighted by atomic mass is 10.1. The van der Waals surface area contributed by atoms with Crippen molar-refractivity contribution in [1.29, 1.82) is 0 Å². The summed E-state index contributed by atoms with van der Waals surface area (Å²) in [7, 11) is -3.51. The van der Waals surface area contributed by atoms with Gasteiger partial charge in [-0.15, -0.1) is 0 Å². The number of aromatic carboxylic acids is 1. The summed E-state index contributed by atoms with van der Waals surface area (Å²) in [6.45, 7) is 0. The molecule has 1 amide bonds. The van der Waals surface area contributed by atoms with Crippen LogP contribution in [0, 0.1) is 0 Å². The second kappa shape index (κ2) is 11.4. The monoisotopic (exact) mass is 618 g/mol. The SMILES string of the molecule is O=C(O)c1ccc(Oc2cnc(NC(=O)C(Oc3cccc(C(F)(F)F)c3)c3ccc(S(=O)(=O)C4CC4)cc3)s2)cc1. The Hall–Kier alpha value is -4.43. The molecule has 0 radical (unpaired) electrons. The zero-order valence-corrected chi connectivity index (χ0v) is 23.0. The lowest BCUT2D eigenvalue weighted by molar-refractivity contribution is -0.137. The van der Waals surface area contributed by atoms with Gasteiger partial charge in [-0.2, -0.15) is 13.2 Å². The van der Waals surface area contributed by atoms with Gasteiger partial charge in [0.05, 0.1) is 27.5 Å². The number of carboxylic acid groups (broad SMARTS) is 1. The Morgan fingerprint density at radius 2 is 1.69 bits per heavy atom. The van der Waals surface area contributed by atoms with Crippen LogP contribution in [0.5, 0.6) is 16.6 Å². The van der Waals surface area contributed by atoms with Gasteiger partial charge in [0.25, 0.3) is 5.91 Å². The number of nitrogens with one attached hydrogen (secondary N) is 1. The van der Waals surface area contributed by atoms with E-state index in [0.29, 0.717) is 18.6 Å². The van der Waals surface area contributed by atoms with Gasteiger partial charge in [0, 0.05) is 5.56 Å². The van der Waals surface area contributed by atoms with Crippen molar-refractivity contribution in [3.8, 4) is 16.6 Å². The molecule has 1 aromatic heterocycles.